The SMILES string of the molecule is CC(C)C(C)C(=O)Nc1ncn[nH]1. The minimum absolute atomic E-state index is 0.0231. The molecule has 0 aromatic carbocycles. The van der Waals surface area contributed by atoms with Gasteiger partial charge in [0, 0.05) is 5.92 Å². The van der Waals surface area contributed by atoms with E-state index in [0.29, 0.717) is 11.9 Å². The number of rotatable bonds is 3. The summed E-state index contributed by atoms with van der Waals surface area (Å²) in [5.74, 6) is 0.664. The standard InChI is InChI=1S/C8H14N4O/c1-5(2)6(3)7(13)11-8-9-4-10-12-8/h4-6H,1-3H3,(H2,9,10,11,12,13). The number of aromatic nitrogens is 3. The Bertz CT molecular complexity index is 268. The van der Waals surface area contributed by atoms with Gasteiger partial charge in [-0.2, -0.15) is 10.1 Å². The Morgan fingerprint density at radius 3 is 2.69 bits per heavy atom. The molecule has 1 rings (SSSR count). The highest BCUT2D eigenvalue weighted by molar-refractivity contribution is 5.90. The number of carbonyl (C=O) groups excluding carboxylic acids is 1. The van der Waals surface area contributed by atoms with Crippen LogP contribution in [0.5, 0.6) is 0 Å². The summed E-state index contributed by atoms with van der Waals surface area (Å²) in [6.07, 6.45) is 1.36. The molecule has 0 radical (unpaired) electrons. The monoisotopic (exact) mass is 182 g/mol. The predicted octanol–water partition coefficient (Wildman–Crippen LogP) is 1.04. The molecule has 1 atom stereocenters. The fraction of sp³-hybridized carbons (Fsp3) is 0.625. The van der Waals surface area contributed by atoms with Crippen LogP contribution in [0.1, 0.15) is 20.8 Å². The van der Waals surface area contributed by atoms with Crippen LogP contribution < -0.4 is 5.32 Å². The topological polar surface area (TPSA) is 70.7 Å². The van der Waals surface area contributed by atoms with E-state index < -0.39 is 0 Å². The molecule has 0 aliphatic carbocycles. The van der Waals surface area contributed by atoms with Crippen LogP contribution in [-0.4, -0.2) is 21.1 Å². The third-order valence-corrected chi connectivity index (χ3v) is 2.07. The molecule has 1 heterocycles. The summed E-state index contributed by atoms with van der Waals surface area (Å²) in [7, 11) is 0. The molecule has 1 unspecified atom stereocenters. The van der Waals surface area contributed by atoms with Gasteiger partial charge in [-0.3, -0.25) is 10.1 Å². The van der Waals surface area contributed by atoms with Crippen LogP contribution in [0.15, 0.2) is 6.33 Å². The van der Waals surface area contributed by atoms with Crippen molar-refractivity contribution < 1.29 is 4.79 Å². The molecule has 1 amide bonds. The molecule has 0 bridgehead atoms. The van der Waals surface area contributed by atoms with Crippen molar-refractivity contribution in [3.05, 3.63) is 6.33 Å². The average molecular weight is 182 g/mol. The first-order valence-electron chi connectivity index (χ1n) is 4.27. The maximum atomic E-state index is 11.5. The lowest BCUT2D eigenvalue weighted by Crippen LogP contribution is -2.24. The molecule has 0 saturated carbocycles. The number of carbonyl (C=O) groups is 1. The predicted molar refractivity (Wildman–Crippen MR) is 49.0 cm³/mol. The molecule has 2 N–H and O–H groups in total. The maximum Gasteiger partial charge on any atom is 0.229 e. The average Bonchev–Trinajstić information content (AvgIpc) is 2.55. The lowest BCUT2D eigenvalue weighted by molar-refractivity contribution is -0.120. The van der Waals surface area contributed by atoms with Crippen LogP contribution in [0.25, 0.3) is 0 Å². The van der Waals surface area contributed by atoms with Crippen molar-refractivity contribution in [1.29, 1.82) is 0 Å². The smallest absolute Gasteiger partial charge is 0.229 e. The minimum atomic E-state index is -0.0354. The summed E-state index contributed by atoms with van der Waals surface area (Å²) >= 11 is 0. The number of H-pyrrole nitrogens is 1. The van der Waals surface area contributed by atoms with E-state index >= 15 is 0 Å². The van der Waals surface area contributed by atoms with E-state index in [4.69, 9.17) is 0 Å². The molecule has 0 aliphatic heterocycles. The van der Waals surface area contributed by atoms with Gasteiger partial charge in [0.1, 0.15) is 6.33 Å². The van der Waals surface area contributed by atoms with Gasteiger partial charge in [-0.05, 0) is 5.92 Å². The number of anilines is 1. The van der Waals surface area contributed by atoms with Crippen molar-refractivity contribution in [2.24, 2.45) is 11.8 Å². The first-order chi connectivity index (χ1) is 6.11. The molecule has 1 aromatic rings. The minimum Gasteiger partial charge on any atom is -0.295 e. The van der Waals surface area contributed by atoms with Gasteiger partial charge in [0.25, 0.3) is 0 Å². The summed E-state index contributed by atoms with van der Waals surface area (Å²) in [4.78, 5) is 15.3. The zero-order chi connectivity index (χ0) is 9.84. The molecular weight excluding hydrogens is 168 g/mol. The Kier molecular flexibility index (Phi) is 3.00. The van der Waals surface area contributed by atoms with Crippen LogP contribution in [-0.2, 0) is 4.79 Å². The van der Waals surface area contributed by atoms with E-state index in [2.05, 4.69) is 20.5 Å². The zero-order valence-electron chi connectivity index (χ0n) is 8.03. The third-order valence-electron chi connectivity index (χ3n) is 2.07. The third kappa shape index (κ3) is 2.54. The van der Waals surface area contributed by atoms with Gasteiger partial charge in [-0.25, -0.2) is 5.10 Å². The van der Waals surface area contributed by atoms with Crippen LogP contribution in [0.4, 0.5) is 5.95 Å². The molecule has 0 spiro atoms. The normalized spacial score (nSPS) is 12.9. The summed E-state index contributed by atoms with van der Waals surface area (Å²) in [6.45, 7) is 5.89. The summed E-state index contributed by atoms with van der Waals surface area (Å²) in [5.41, 5.74) is 0. The van der Waals surface area contributed by atoms with Gasteiger partial charge >= 0.3 is 0 Å². The van der Waals surface area contributed by atoms with E-state index in [9.17, 15) is 4.79 Å². The van der Waals surface area contributed by atoms with Crippen molar-refractivity contribution >= 4 is 11.9 Å². The van der Waals surface area contributed by atoms with E-state index in [1.807, 2.05) is 20.8 Å². The Morgan fingerprint density at radius 2 is 2.23 bits per heavy atom. The van der Waals surface area contributed by atoms with Gasteiger partial charge in [0.15, 0.2) is 0 Å². The molecule has 13 heavy (non-hydrogen) atoms. The maximum absolute atomic E-state index is 11.5. The fourth-order valence-corrected chi connectivity index (χ4v) is 0.799. The largest absolute Gasteiger partial charge is 0.295 e. The van der Waals surface area contributed by atoms with Crippen molar-refractivity contribution in [3.8, 4) is 0 Å². The summed E-state index contributed by atoms with van der Waals surface area (Å²) < 4.78 is 0. The second kappa shape index (κ2) is 4.02. The molecule has 0 saturated heterocycles. The zero-order valence-corrected chi connectivity index (χ0v) is 8.03. The van der Waals surface area contributed by atoms with E-state index in [-0.39, 0.29) is 11.8 Å². The highest BCUT2D eigenvalue weighted by Gasteiger charge is 2.17. The lowest BCUT2D eigenvalue weighted by Gasteiger charge is -2.13. The Morgan fingerprint density at radius 1 is 1.54 bits per heavy atom. The highest BCUT2D eigenvalue weighted by atomic mass is 16.2. The molecule has 5 heteroatoms. The van der Waals surface area contributed by atoms with E-state index in [1.54, 1.807) is 0 Å². The quantitative estimate of drug-likeness (QED) is 0.733. The van der Waals surface area contributed by atoms with Gasteiger partial charge < -0.3 is 0 Å². The van der Waals surface area contributed by atoms with Gasteiger partial charge in [0.2, 0.25) is 11.9 Å². The molecule has 5 nitrogen and oxygen atoms in total. The molecule has 0 fully saturated rings. The molecule has 72 valence electrons. The number of nitrogens with zero attached hydrogens (tertiary/aromatic N) is 2. The second-order valence-electron chi connectivity index (χ2n) is 3.36. The highest BCUT2D eigenvalue weighted by Crippen LogP contribution is 2.11. The van der Waals surface area contributed by atoms with Crippen molar-refractivity contribution in [2.75, 3.05) is 5.32 Å². The molecule has 1 aromatic heterocycles. The van der Waals surface area contributed by atoms with Crippen LogP contribution >= 0.6 is 0 Å². The van der Waals surface area contributed by atoms with Crippen molar-refractivity contribution in [2.45, 2.75) is 20.8 Å². The van der Waals surface area contributed by atoms with Crippen molar-refractivity contribution in [3.63, 3.8) is 0 Å². The number of nitrogens with one attached hydrogen (secondary N) is 2. The second-order valence-corrected chi connectivity index (χ2v) is 3.36. The molecular formula is C8H14N4O. The fourth-order valence-electron chi connectivity index (χ4n) is 0.799. The summed E-state index contributed by atoms with van der Waals surface area (Å²) in [5, 5.41) is 8.83. The van der Waals surface area contributed by atoms with Crippen LogP contribution in [0, 0.1) is 11.8 Å². The van der Waals surface area contributed by atoms with Gasteiger partial charge in [-0.15, -0.1) is 0 Å². The number of hydrogen-bond donors (Lipinski definition) is 2. The number of hydrogen-bond acceptors (Lipinski definition) is 3. The van der Waals surface area contributed by atoms with Crippen LogP contribution in [0.3, 0.4) is 0 Å². The van der Waals surface area contributed by atoms with Crippen LogP contribution in [0.2, 0.25) is 0 Å². The molecule has 0 aliphatic rings. The Hall–Kier alpha value is -1.39. The number of amides is 1. The first-order valence-corrected chi connectivity index (χ1v) is 4.27. The van der Waals surface area contributed by atoms with Crippen molar-refractivity contribution in [1.82, 2.24) is 15.2 Å². The number of aromatic amines is 1. The van der Waals surface area contributed by atoms with E-state index in [1.165, 1.54) is 6.33 Å². The van der Waals surface area contributed by atoms with Gasteiger partial charge in [0.05, 0.1) is 0 Å². The Balaban J connectivity index is 2.51. The summed E-state index contributed by atoms with van der Waals surface area (Å²) in [6, 6.07) is 0. The lowest BCUT2D eigenvalue weighted by atomic mass is 9.97. The van der Waals surface area contributed by atoms with E-state index in [0.717, 1.165) is 0 Å². The Labute approximate surface area is 76.9 Å². The first kappa shape index (κ1) is 9.70. The van der Waals surface area contributed by atoms with Gasteiger partial charge in [-0.1, -0.05) is 20.8 Å².